The van der Waals surface area contributed by atoms with Crippen LogP contribution in [0, 0.1) is 0 Å². The van der Waals surface area contributed by atoms with E-state index in [1.807, 2.05) is 12.3 Å². The van der Waals surface area contributed by atoms with Crippen molar-refractivity contribution in [3.63, 3.8) is 0 Å². The van der Waals surface area contributed by atoms with E-state index >= 15 is 0 Å². The van der Waals surface area contributed by atoms with E-state index in [0.29, 0.717) is 11.3 Å². The van der Waals surface area contributed by atoms with Crippen LogP contribution < -0.4 is 5.73 Å². The van der Waals surface area contributed by atoms with Gasteiger partial charge in [0.1, 0.15) is 0 Å². The van der Waals surface area contributed by atoms with Crippen LogP contribution in [-0.4, -0.2) is 16.7 Å². The van der Waals surface area contributed by atoms with E-state index in [1.54, 1.807) is 18.2 Å². The number of hydrogen-bond acceptors (Lipinski definition) is 2. The average Bonchev–Trinajstić information content (AvgIpc) is 2.99. The molecule has 0 spiro atoms. The Morgan fingerprint density at radius 3 is 2.62 bits per heavy atom. The van der Waals surface area contributed by atoms with Crippen LogP contribution in [-0.2, 0) is 6.54 Å². The highest BCUT2D eigenvalue weighted by Gasteiger charge is 2.09. The molecule has 4 heteroatoms. The van der Waals surface area contributed by atoms with Gasteiger partial charge in [-0.3, -0.25) is 9.79 Å². The largest absolute Gasteiger partial charge is 0.366 e. The van der Waals surface area contributed by atoms with Crippen molar-refractivity contribution in [3.8, 4) is 0 Å². The van der Waals surface area contributed by atoms with Gasteiger partial charge in [0.2, 0.25) is 5.91 Å². The van der Waals surface area contributed by atoms with E-state index < -0.39 is 5.91 Å². The maximum absolute atomic E-state index is 11.3. The molecule has 0 aliphatic heterocycles. The summed E-state index contributed by atoms with van der Waals surface area (Å²) < 4.78 is 2.32. The zero-order chi connectivity index (χ0) is 18.1. The number of aryl methyl sites for hydroxylation is 1. The lowest BCUT2D eigenvalue weighted by Gasteiger charge is -2.02. The molecule has 0 saturated carbocycles. The molecule has 1 aromatic heterocycles. The topological polar surface area (TPSA) is 60.4 Å². The van der Waals surface area contributed by atoms with Gasteiger partial charge in [-0.1, -0.05) is 30.3 Å². The minimum absolute atomic E-state index is 0.448. The maximum Gasteiger partial charge on any atom is 0.248 e. The van der Waals surface area contributed by atoms with E-state index in [0.717, 1.165) is 12.1 Å². The minimum atomic E-state index is -0.448. The Morgan fingerprint density at radius 1 is 1.00 bits per heavy atom. The molecule has 4 aromatic rings. The number of fused-ring (bicyclic) bond motifs is 3. The molecule has 4 nitrogen and oxygen atoms in total. The fourth-order valence-electron chi connectivity index (χ4n) is 3.38. The second-order valence-electron chi connectivity index (χ2n) is 6.21. The summed E-state index contributed by atoms with van der Waals surface area (Å²) in [5.74, 6) is -0.448. The van der Waals surface area contributed by atoms with Crippen LogP contribution in [0.3, 0.4) is 0 Å². The summed E-state index contributed by atoms with van der Waals surface area (Å²) in [4.78, 5) is 15.8. The first-order valence-electron chi connectivity index (χ1n) is 8.62. The SMILES string of the molecule is CCn1c2ccccc2c2cc(C=Nc3cccc(C(N)=O)c3)ccc21. The first-order valence-corrected chi connectivity index (χ1v) is 8.62. The highest BCUT2D eigenvalue weighted by molar-refractivity contribution is 6.09. The molecule has 2 N–H and O–H groups in total. The molecule has 0 saturated heterocycles. The highest BCUT2D eigenvalue weighted by Crippen LogP contribution is 2.29. The molecule has 4 rings (SSSR count). The summed E-state index contributed by atoms with van der Waals surface area (Å²) in [6.45, 7) is 3.09. The van der Waals surface area contributed by atoms with Gasteiger partial charge in [-0.25, -0.2) is 0 Å². The number of primary amides is 1. The number of aliphatic imine (C=N–C) groups is 1. The Labute approximate surface area is 151 Å². The third kappa shape index (κ3) is 2.75. The summed E-state index contributed by atoms with van der Waals surface area (Å²) in [7, 11) is 0. The number of rotatable bonds is 4. The van der Waals surface area contributed by atoms with Gasteiger partial charge in [0.05, 0.1) is 5.69 Å². The Balaban J connectivity index is 1.77. The number of amides is 1. The number of nitrogens with zero attached hydrogens (tertiary/aromatic N) is 2. The standard InChI is InChI=1S/C22H19N3O/c1-2-25-20-9-4-3-8-18(20)19-12-15(10-11-21(19)25)14-24-17-7-5-6-16(13-17)22(23)26/h3-14H,2H2,1H3,(H2,23,26). The number of para-hydroxylation sites is 1. The van der Waals surface area contributed by atoms with Gasteiger partial charge >= 0.3 is 0 Å². The fourth-order valence-corrected chi connectivity index (χ4v) is 3.38. The first-order chi connectivity index (χ1) is 12.7. The molecular weight excluding hydrogens is 322 g/mol. The number of nitrogens with two attached hydrogens (primary N) is 1. The van der Waals surface area contributed by atoms with Gasteiger partial charge in [-0.05, 0) is 48.9 Å². The molecule has 0 aliphatic rings. The smallest absolute Gasteiger partial charge is 0.248 e. The van der Waals surface area contributed by atoms with Crippen LogP contribution in [0.4, 0.5) is 5.69 Å². The quantitative estimate of drug-likeness (QED) is 0.539. The van der Waals surface area contributed by atoms with Crippen molar-refractivity contribution in [1.82, 2.24) is 4.57 Å². The second kappa shape index (κ2) is 6.48. The predicted octanol–water partition coefficient (Wildman–Crippen LogP) is 4.66. The molecule has 1 heterocycles. The number of aromatic nitrogens is 1. The van der Waals surface area contributed by atoms with Crippen LogP contribution in [0.5, 0.6) is 0 Å². The molecule has 3 aromatic carbocycles. The van der Waals surface area contributed by atoms with Crippen molar-refractivity contribution in [2.24, 2.45) is 10.7 Å². The molecule has 0 bridgehead atoms. The van der Waals surface area contributed by atoms with Gasteiger partial charge < -0.3 is 10.3 Å². The van der Waals surface area contributed by atoms with Crippen molar-refractivity contribution in [2.45, 2.75) is 13.5 Å². The van der Waals surface area contributed by atoms with Crippen LogP contribution in [0.2, 0.25) is 0 Å². The Morgan fingerprint density at radius 2 is 1.81 bits per heavy atom. The van der Waals surface area contributed by atoms with Crippen molar-refractivity contribution >= 4 is 39.6 Å². The zero-order valence-electron chi connectivity index (χ0n) is 14.5. The predicted molar refractivity (Wildman–Crippen MR) is 107 cm³/mol. The molecule has 0 unspecified atom stereocenters. The van der Waals surface area contributed by atoms with Crippen LogP contribution in [0.25, 0.3) is 21.8 Å². The number of carbonyl (C=O) groups excluding carboxylic acids is 1. The summed E-state index contributed by atoms with van der Waals surface area (Å²) in [6.07, 6.45) is 1.82. The molecule has 0 fully saturated rings. The van der Waals surface area contributed by atoms with Crippen LogP contribution >= 0.6 is 0 Å². The van der Waals surface area contributed by atoms with E-state index in [-0.39, 0.29) is 0 Å². The lowest BCUT2D eigenvalue weighted by Crippen LogP contribution is -2.10. The van der Waals surface area contributed by atoms with Gasteiger partial charge in [0, 0.05) is 40.1 Å². The molecule has 0 radical (unpaired) electrons. The van der Waals surface area contributed by atoms with Crippen molar-refractivity contribution in [3.05, 3.63) is 77.9 Å². The monoisotopic (exact) mass is 341 g/mol. The van der Waals surface area contributed by atoms with E-state index in [4.69, 9.17) is 5.73 Å². The Hall–Kier alpha value is -3.40. The molecule has 1 amide bonds. The third-order valence-electron chi connectivity index (χ3n) is 4.61. The third-order valence-corrected chi connectivity index (χ3v) is 4.61. The highest BCUT2D eigenvalue weighted by atomic mass is 16.1. The van der Waals surface area contributed by atoms with E-state index in [2.05, 4.69) is 58.9 Å². The minimum Gasteiger partial charge on any atom is -0.366 e. The van der Waals surface area contributed by atoms with E-state index in [9.17, 15) is 4.79 Å². The first kappa shape index (κ1) is 16.1. The van der Waals surface area contributed by atoms with Gasteiger partial charge in [-0.15, -0.1) is 0 Å². The van der Waals surface area contributed by atoms with Gasteiger partial charge in [-0.2, -0.15) is 0 Å². The Bertz CT molecular complexity index is 1150. The van der Waals surface area contributed by atoms with Crippen LogP contribution in [0.15, 0.2) is 71.7 Å². The molecule has 0 atom stereocenters. The van der Waals surface area contributed by atoms with Gasteiger partial charge in [0.25, 0.3) is 0 Å². The van der Waals surface area contributed by atoms with E-state index in [1.165, 1.54) is 21.8 Å². The van der Waals surface area contributed by atoms with Crippen LogP contribution in [0.1, 0.15) is 22.8 Å². The normalized spacial score (nSPS) is 11.6. The molecule has 26 heavy (non-hydrogen) atoms. The summed E-state index contributed by atoms with van der Waals surface area (Å²) in [5.41, 5.74) is 9.97. The molecule has 128 valence electrons. The Kier molecular flexibility index (Phi) is 4.01. The van der Waals surface area contributed by atoms with Crippen molar-refractivity contribution < 1.29 is 4.79 Å². The summed E-state index contributed by atoms with van der Waals surface area (Å²) >= 11 is 0. The maximum atomic E-state index is 11.3. The number of carbonyl (C=O) groups is 1. The van der Waals surface area contributed by atoms with Crippen molar-refractivity contribution in [2.75, 3.05) is 0 Å². The second-order valence-corrected chi connectivity index (χ2v) is 6.21. The molecule has 0 aliphatic carbocycles. The zero-order valence-corrected chi connectivity index (χ0v) is 14.5. The summed E-state index contributed by atoms with van der Waals surface area (Å²) in [6, 6.07) is 21.8. The average molecular weight is 341 g/mol. The van der Waals surface area contributed by atoms with Crippen molar-refractivity contribution in [1.29, 1.82) is 0 Å². The lowest BCUT2D eigenvalue weighted by atomic mass is 10.1. The lowest BCUT2D eigenvalue weighted by molar-refractivity contribution is 0.100. The molecular formula is C22H19N3O. The number of benzene rings is 3. The fraction of sp³-hybridized carbons (Fsp3) is 0.0909. The summed E-state index contributed by atoms with van der Waals surface area (Å²) in [5, 5.41) is 2.47. The van der Waals surface area contributed by atoms with Gasteiger partial charge in [0.15, 0.2) is 0 Å². The number of hydrogen-bond donors (Lipinski definition) is 1.